The van der Waals surface area contributed by atoms with Gasteiger partial charge < -0.3 is 15.0 Å². The first-order valence-corrected chi connectivity index (χ1v) is 9.25. The van der Waals surface area contributed by atoms with Crippen LogP contribution in [0.15, 0.2) is 0 Å². The van der Waals surface area contributed by atoms with Crippen molar-refractivity contribution < 1.29 is 4.74 Å². The highest BCUT2D eigenvalue weighted by Gasteiger charge is 2.33. The topological polar surface area (TPSA) is 24.5 Å². The third-order valence-electron chi connectivity index (χ3n) is 5.53. The number of rotatable bonds is 7. The van der Waals surface area contributed by atoms with Crippen LogP contribution in [0.25, 0.3) is 0 Å². The minimum atomic E-state index is 0.697. The van der Waals surface area contributed by atoms with E-state index in [2.05, 4.69) is 31.1 Å². The number of likely N-dealkylation sites (N-methyl/N-ethyl adjacent to an activating group) is 1. The molecule has 4 atom stereocenters. The van der Waals surface area contributed by atoms with Gasteiger partial charge in [-0.25, -0.2) is 0 Å². The van der Waals surface area contributed by atoms with Crippen molar-refractivity contribution in [2.24, 2.45) is 11.8 Å². The highest BCUT2D eigenvalue weighted by atomic mass is 16.5. The van der Waals surface area contributed by atoms with Crippen molar-refractivity contribution in [3.8, 4) is 0 Å². The summed E-state index contributed by atoms with van der Waals surface area (Å²) in [5, 5.41) is 3.81. The summed E-state index contributed by atoms with van der Waals surface area (Å²) in [5.74, 6) is 1.68. The molecule has 2 rings (SSSR count). The summed E-state index contributed by atoms with van der Waals surface area (Å²) in [6.45, 7) is 8.95. The van der Waals surface area contributed by atoms with Gasteiger partial charge in [0.1, 0.15) is 0 Å². The van der Waals surface area contributed by atoms with Gasteiger partial charge in [-0.05, 0) is 64.0 Å². The molecule has 1 aliphatic heterocycles. The maximum Gasteiger partial charge on any atom is 0.0506 e. The fraction of sp³-hybridized carbons (Fsp3) is 1.00. The molecule has 0 aromatic carbocycles. The lowest BCUT2D eigenvalue weighted by atomic mass is 9.80. The Morgan fingerprint density at radius 2 is 2.00 bits per heavy atom. The molecule has 0 aromatic rings. The molecule has 3 heteroatoms. The summed E-state index contributed by atoms with van der Waals surface area (Å²) in [5.41, 5.74) is 0. The maximum atomic E-state index is 5.66. The SMILES string of the molecule is CCCNC1CCC(CC)CC1N(C)CC1CCCOC1. The molecule has 0 aromatic heterocycles. The molecule has 0 spiro atoms. The second kappa shape index (κ2) is 9.12. The van der Waals surface area contributed by atoms with Gasteiger partial charge in [0.05, 0.1) is 6.61 Å². The van der Waals surface area contributed by atoms with Gasteiger partial charge in [0, 0.05) is 25.2 Å². The van der Waals surface area contributed by atoms with Crippen molar-refractivity contribution in [3.63, 3.8) is 0 Å². The molecule has 2 aliphatic rings. The fourth-order valence-corrected chi connectivity index (χ4v) is 4.15. The molecular formula is C18H36N2O. The van der Waals surface area contributed by atoms with Crippen molar-refractivity contribution in [3.05, 3.63) is 0 Å². The molecule has 0 radical (unpaired) electrons. The fourth-order valence-electron chi connectivity index (χ4n) is 4.15. The quantitative estimate of drug-likeness (QED) is 0.780. The van der Waals surface area contributed by atoms with Crippen molar-refractivity contribution in [1.82, 2.24) is 10.2 Å². The Morgan fingerprint density at radius 1 is 1.14 bits per heavy atom. The summed E-state index contributed by atoms with van der Waals surface area (Å²) >= 11 is 0. The van der Waals surface area contributed by atoms with E-state index in [0.29, 0.717) is 6.04 Å². The van der Waals surface area contributed by atoms with Gasteiger partial charge in [-0.2, -0.15) is 0 Å². The molecule has 21 heavy (non-hydrogen) atoms. The zero-order valence-electron chi connectivity index (χ0n) is 14.4. The predicted octanol–water partition coefficient (Wildman–Crippen LogP) is 3.29. The molecule has 0 bridgehead atoms. The summed E-state index contributed by atoms with van der Waals surface area (Å²) in [6.07, 6.45) is 9.32. The number of nitrogens with one attached hydrogen (secondary N) is 1. The van der Waals surface area contributed by atoms with Gasteiger partial charge in [0.2, 0.25) is 0 Å². The van der Waals surface area contributed by atoms with E-state index < -0.39 is 0 Å². The smallest absolute Gasteiger partial charge is 0.0506 e. The lowest BCUT2D eigenvalue weighted by molar-refractivity contribution is 0.0253. The molecule has 1 heterocycles. The van der Waals surface area contributed by atoms with E-state index in [-0.39, 0.29) is 0 Å². The van der Waals surface area contributed by atoms with E-state index in [0.717, 1.165) is 31.1 Å². The standard InChI is InChI=1S/C18H36N2O/c1-4-10-19-17-9-8-15(5-2)12-18(17)20(3)13-16-7-6-11-21-14-16/h15-19H,4-14H2,1-3H3. The van der Waals surface area contributed by atoms with Gasteiger partial charge in [-0.3, -0.25) is 0 Å². The van der Waals surface area contributed by atoms with Crippen LogP contribution >= 0.6 is 0 Å². The van der Waals surface area contributed by atoms with Crippen LogP contribution in [0.3, 0.4) is 0 Å². The summed E-state index contributed by atoms with van der Waals surface area (Å²) in [6, 6.07) is 1.42. The second-order valence-corrected chi connectivity index (χ2v) is 7.24. The molecule has 124 valence electrons. The summed E-state index contributed by atoms with van der Waals surface area (Å²) < 4.78 is 5.66. The highest BCUT2D eigenvalue weighted by molar-refractivity contribution is 4.90. The van der Waals surface area contributed by atoms with Crippen LogP contribution in [0.2, 0.25) is 0 Å². The van der Waals surface area contributed by atoms with Crippen LogP contribution < -0.4 is 5.32 Å². The number of hydrogen-bond donors (Lipinski definition) is 1. The van der Waals surface area contributed by atoms with Crippen LogP contribution in [0.4, 0.5) is 0 Å². The maximum absolute atomic E-state index is 5.66. The molecule has 3 nitrogen and oxygen atoms in total. The van der Waals surface area contributed by atoms with Crippen LogP contribution in [-0.2, 0) is 4.74 Å². The lowest BCUT2D eigenvalue weighted by Crippen LogP contribution is -2.53. The lowest BCUT2D eigenvalue weighted by Gasteiger charge is -2.43. The van der Waals surface area contributed by atoms with Crippen molar-refractivity contribution >= 4 is 0 Å². The average Bonchev–Trinajstić information content (AvgIpc) is 2.53. The van der Waals surface area contributed by atoms with Gasteiger partial charge >= 0.3 is 0 Å². The third kappa shape index (κ3) is 5.22. The van der Waals surface area contributed by atoms with E-state index >= 15 is 0 Å². The van der Waals surface area contributed by atoms with E-state index in [9.17, 15) is 0 Å². The predicted molar refractivity (Wildman–Crippen MR) is 89.7 cm³/mol. The number of nitrogens with zero attached hydrogens (tertiary/aromatic N) is 1. The number of hydrogen-bond acceptors (Lipinski definition) is 3. The number of ether oxygens (including phenoxy) is 1. The Kier molecular flexibility index (Phi) is 7.48. The van der Waals surface area contributed by atoms with Gasteiger partial charge in [-0.1, -0.05) is 20.3 Å². The van der Waals surface area contributed by atoms with Crippen LogP contribution in [-0.4, -0.2) is 50.3 Å². The van der Waals surface area contributed by atoms with Gasteiger partial charge in [0.15, 0.2) is 0 Å². The molecule has 2 fully saturated rings. The van der Waals surface area contributed by atoms with Crippen molar-refractivity contribution in [1.29, 1.82) is 0 Å². The van der Waals surface area contributed by atoms with E-state index in [1.807, 2.05) is 0 Å². The molecule has 1 aliphatic carbocycles. The first-order valence-electron chi connectivity index (χ1n) is 9.25. The Labute approximate surface area is 131 Å². The minimum absolute atomic E-state index is 0.697. The normalized spacial score (nSPS) is 34.3. The first kappa shape index (κ1) is 17.2. The molecule has 1 saturated heterocycles. The molecule has 4 unspecified atom stereocenters. The Morgan fingerprint density at radius 3 is 2.67 bits per heavy atom. The van der Waals surface area contributed by atoms with E-state index in [4.69, 9.17) is 4.74 Å². The van der Waals surface area contributed by atoms with Gasteiger partial charge in [0.25, 0.3) is 0 Å². The van der Waals surface area contributed by atoms with Crippen LogP contribution in [0.1, 0.15) is 58.8 Å². The first-order chi connectivity index (χ1) is 10.2. The van der Waals surface area contributed by atoms with E-state index in [1.165, 1.54) is 58.0 Å². The zero-order valence-corrected chi connectivity index (χ0v) is 14.4. The van der Waals surface area contributed by atoms with E-state index in [1.54, 1.807) is 0 Å². The average molecular weight is 296 g/mol. The summed E-state index contributed by atoms with van der Waals surface area (Å²) in [7, 11) is 2.35. The van der Waals surface area contributed by atoms with Crippen molar-refractivity contribution in [2.45, 2.75) is 70.9 Å². The Bertz CT molecular complexity index is 278. The molecule has 1 N–H and O–H groups in total. The van der Waals surface area contributed by atoms with Gasteiger partial charge in [-0.15, -0.1) is 0 Å². The van der Waals surface area contributed by atoms with Crippen molar-refractivity contribution in [2.75, 3.05) is 33.4 Å². The molecule has 1 saturated carbocycles. The third-order valence-corrected chi connectivity index (χ3v) is 5.53. The van der Waals surface area contributed by atoms with Crippen LogP contribution in [0, 0.1) is 11.8 Å². The highest BCUT2D eigenvalue weighted by Crippen LogP contribution is 2.30. The monoisotopic (exact) mass is 296 g/mol. The molecular weight excluding hydrogens is 260 g/mol. The Balaban J connectivity index is 1.89. The van der Waals surface area contributed by atoms with Crippen LogP contribution in [0.5, 0.6) is 0 Å². The zero-order chi connectivity index (χ0) is 15.1. The minimum Gasteiger partial charge on any atom is -0.381 e. The second-order valence-electron chi connectivity index (χ2n) is 7.24. The Hall–Kier alpha value is -0.120. The largest absolute Gasteiger partial charge is 0.381 e. The molecule has 0 amide bonds. The summed E-state index contributed by atoms with van der Waals surface area (Å²) in [4.78, 5) is 2.65.